The van der Waals surface area contributed by atoms with Crippen LogP contribution in [0.15, 0.2) is 48.5 Å². The smallest absolute Gasteiger partial charge is 0.269 e. The van der Waals surface area contributed by atoms with E-state index in [4.69, 9.17) is 4.74 Å². The number of nitro benzene ring substituents is 1. The molecule has 0 aliphatic heterocycles. The predicted octanol–water partition coefficient (Wildman–Crippen LogP) is 3.80. The summed E-state index contributed by atoms with van der Waals surface area (Å²) in [5, 5.41) is 10.9. The van der Waals surface area contributed by atoms with Gasteiger partial charge in [0.1, 0.15) is 5.75 Å². The molecule has 0 fully saturated rings. The average molecular weight is 300 g/mol. The van der Waals surface area contributed by atoms with Crippen molar-refractivity contribution in [3.8, 4) is 5.75 Å². The third-order valence-corrected chi connectivity index (χ3v) is 3.79. The number of hydrogen-bond acceptors (Lipinski definition) is 4. The standard InChI is InChI=1S/C17H20N2O3/c1-13(15-7-5-8-16(11-15)19(20)21)18(2)12-14-6-4-9-17(10-14)22-3/h4-11,13H,12H2,1-3H3/t13-/m0/s1. The van der Waals surface area contributed by atoms with Crippen LogP contribution in [0.1, 0.15) is 24.1 Å². The molecule has 5 heteroatoms. The van der Waals surface area contributed by atoms with E-state index >= 15 is 0 Å². The first-order chi connectivity index (χ1) is 10.5. The molecule has 5 nitrogen and oxygen atoms in total. The zero-order chi connectivity index (χ0) is 16.1. The number of ether oxygens (including phenoxy) is 1. The number of hydrogen-bond donors (Lipinski definition) is 0. The van der Waals surface area contributed by atoms with Gasteiger partial charge in [-0.1, -0.05) is 24.3 Å². The number of rotatable bonds is 6. The van der Waals surface area contributed by atoms with Crippen molar-refractivity contribution < 1.29 is 9.66 Å². The van der Waals surface area contributed by atoms with Gasteiger partial charge in [0, 0.05) is 24.7 Å². The molecule has 116 valence electrons. The van der Waals surface area contributed by atoms with Crippen LogP contribution >= 0.6 is 0 Å². The molecule has 1 atom stereocenters. The van der Waals surface area contributed by atoms with E-state index in [-0.39, 0.29) is 16.7 Å². The maximum Gasteiger partial charge on any atom is 0.269 e. The van der Waals surface area contributed by atoms with Crippen LogP contribution in [-0.4, -0.2) is 24.0 Å². The molecule has 0 saturated heterocycles. The highest BCUT2D eigenvalue weighted by molar-refractivity contribution is 5.36. The fourth-order valence-corrected chi connectivity index (χ4v) is 2.35. The molecular formula is C17H20N2O3. The predicted molar refractivity (Wildman–Crippen MR) is 86.0 cm³/mol. The van der Waals surface area contributed by atoms with Crippen LogP contribution in [0.4, 0.5) is 5.69 Å². The second kappa shape index (κ2) is 7.04. The maximum atomic E-state index is 10.9. The van der Waals surface area contributed by atoms with Crippen LogP contribution in [0.3, 0.4) is 0 Å². The van der Waals surface area contributed by atoms with Crippen molar-refractivity contribution in [2.24, 2.45) is 0 Å². The van der Waals surface area contributed by atoms with Crippen LogP contribution < -0.4 is 4.74 Å². The summed E-state index contributed by atoms with van der Waals surface area (Å²) in [4.78, 5) is 12.7. The Labute approximate surface area is 130 Å². The minimum Gasteiger partial charge on any atom is -0.497 e. The zero-order valence-corrected chi connectivity index (χ0v) is 13.0. The van der Waals surface area contributed by atoms with Crippen molar-refractivity contribution in [1.82, 2.24) is 4.90 Å². The summed E-state index contributed by atoms with van der Waals surface area (Å²) in [5.41, 5.74) is 2.19. The van der Waals surface area contributed by atoms with E-state index in [1.165, 1.54) is 6.07 Å². The molecule has 0 radical (unpaired) electrons. The van der Waals surface area contributed by atoms with Gasteiger partial charge in [-0.3, -0.25) is 15.0 Å². The van der Waals surface area contributed by atoms with Crippen molar-refractivity contribution in [3.05, 3.63) is 69.8 Å². The molecule has 0 aliphatic rings. The van der Waals surface area contributed by atoms with E-state index in [0.717, 1.165) is 23.4 Å². The molecule has 2 aromatic rings. The molecule has 2 aromatic carbocycles. The van der Waals surface area contributed by atoms with Gasteiger partial charge < -0.3 is 4.74 Å². The van der Waals surface area contributed by atoms with Crippen LogP contribution in [0.25, 0.3) is 0 Å². The Hall–Kier alpha value is -2.40. The fraction of sp³-hybridized carbons (Fsp3) is 0.294. The molecular weight excluding hydrogens is 280 g/mol. The fourth-order valence-electron chi connectivity index (χ4n) is 2.35. The first kappa shape index (κ1) is 16.0. The second-order valence-electron chi connectivity index (χ2n) is 5.29. The van der Waals surface area contributed by atoms with Crippen molar-refractivity contribution >= 4 is 5.69 Å². The molecule has 0 saturated carbocycles. The van der Waals surface area contributed by atoms with Crippen LogP contribution in [0.5, 0.6) is 5.75 Å². The SMILES string of the molecule is COc1cccc(CN(C)[C@@H](C)c2cccc([N+](=O)[O-])c2)c1. The lowest BCUT2D eigenvalue weighted by Crippen LogP contribution is -2.22. The topological polar surface area (TPSA) is 55.6 Å². The third-order valence-electron chi connectivity index (χ3n) is 3.79. The number of nitro groups is 1. The van der Waals surface area contributed by atoms with Gasteiger partial charge in [-0.2, -0.15) is 0 Å². The lowest BCUT2D eigenvalue weighted by molar-refractivity contribution is -0.384. The molecule has 0 aliphatic carbocycles. The highest BCUT2D eigenvalue weighted by Crippen LogP contribution is 2.24. The van der Waals surface area contributed by atoms with Crippen LogP contribution in [0.2, 0.25) is 0 Å². The molecule has 0 unspecified atom stereocenters. The third kappa shape index (κ3) is 3.83. The highest BCUT2D eigenvalue weighted by atomic mass is 16.6. The van der Waals surface area contributed by atoms with Gasteiger partial charge in [-0.15, -0.1) is 0 Å². The quantitative estimate of drug-likeness (QED) is 0.601. The van der Waals surface area contributed by atoms with Gasteiger partial charge in [-0.25, -0.2) is 0 Å². The molecule has 0 bridgehead atoms. The first-order valence-corrected chi connectivity index (χ1v) is 7.09. The lowest BCUT2D eigenvalue weighted by atomic mass is 10.1. The molecule has 0 amide bonds. The van der Waals surface area contributed by atoms with Crippen molar-refractivity contribution in [2.75, 3.05) is 14.2 Å². The van der Waals surface area contributed by atoms with Gasteiger partial charge in [0.05, 0.1) is 12.0 Å². The van der Waals surface area contributed by atoms with Gasteiger partial charge in [0.15, 0.2) is 0 Å². The number of methoxy groups -OCH3 is 1. The van der Waals surface area contributed by atoms with Crippen molar-refractivity contribution in [3.63, 3.8) is 0 Å². The minimum atomic E-state index is -0.363. The number of nitrogens with zero attached hydrogens (tertiary/aromatic N) is 2. The second-order valence-corrected chi connectivity index (χ2v) is 5.29. The molecule has 0 aromatic heterocycles. The Balaban J connectivity index is 2.12. The summed E-state index contributed by atoms with van der Waals surface area (Å²) in [6.45, 7) is 2.78. The zero-order valence-electron chi connectivity index (χ0n) is 13.0. The molecule has 22 heavy (non-hydrogen) atoms. The summed E-state index contributed by atoms with van der Waals surface area (Å²) in [6, 6.07) is 14.8. The van der Waals surface area contributed by atoms with Crippen LogP contribution in [0, 0.1) is 10.1 Å². The summed E-state index contributed by atoms with van der Waals surface area (Å²) >= 11 is 0. The van der Waals surface area contributed by atoms with E-state index in [1.807, 2.05) is 44.3 Å². The van der Waals surface area contributed by atoms with Crippen molar-refractivity contribution in [1.29, 1.82) is 0 Å². The number of non-ortho nitro benzene ring substituents is 1. The largest absolute Gasteiger partial charge is 0.497 e. The summed E-state index contributed by atoms with van der Waals surface area (Å²) in [7, 11) is 3.65. The molecule has 0 N–H and O–H groups in total. The average Bonchev–Trinajstić information content (AvgIpc) is 2.54. The Morgan fingerprint density at radius 1 is 1.23 bits per heavy atom. The van der Waals surface area contributed by atoms with E-state index in [0.29, 0.717) is 0 Å². The van der Waals surface area contributed by atoms with Gasteiger partial charge in [0.25, 0.3) is 5.69 Å². The van der Waals surface area contributed by atoms with Gasteiger partial charge >= 0.3 is 0 Å². The molecule has 0 heterocycles. The summed E-state index contributed by atoms with van der Waals surface area (Å²) < 4.78 is 5.23. The summed E-state index contributed by atoms with van der Waals surface area (Å²) in [6.07, 6.45) is 0. The Bertz CT molecular complexity index is 658. The first-order valence-electron chi connectivity index (χ1n) is 7.09. The number of benzene rings is 2. The van der Waals surface area contributed by atoms with Crippen LogP contribution in [-0.2, 0) is 6.54 Å². The Kier molecular flexibility index (Phi) is 5.12. The highest BCUT2D eigenvalue weighted by Gasteiger charge is 2.15. The normalized spacial score (nSPS) is 12.2. The van der Waals surface area contributed by atoms with E-state index in [1.54, 1.807) is 19.2 Å². The minimum absolute atomic E-state index is 0.0751. The monoisotopic (exact) mass is 300 g/mol. The van der Waals surface area contributed by atoms with Gasteiger partial charge in [-0.05, 0) is 37.2 Å². The van der Waals surface area contributed by atoms with Crippen molar-refractivity contribution in [2.45, 2.75) is 19.5 Å². The lowest BCUT2D eigenvalue weighted by Gasteiger charge is -2.25. The van der Waals surface area contributed by atoms with Gasteiger partial charge in [0.2, 0.25) is 0 Å². The Morgan fingerprint density at radius 3 is 2.64 bits per heavy atom. The molecule has 0 spiro atoms. The maximum absolute atomic E-state index is 10.9. The molecule has 2 rings (SSSR count). The Morgan fingerprint density at radius 2 is 1.95 bits per heavy atom. The van der Waals surface area contributed by atoms with E-state index in [2.05, 4.69) is 4.90 Å². The summed E-state index contributed by atoms with van der Waals surface area (Å²) in [5.74, 6) is 0.828. The van der Waals surface area contributed by atoms with E-state index in [9.17, 15) is 10.1 Å². The van der Waals surface area contributed by atoms with E-state index < -0.39 is 0 Å².